The van der Waals surface area contributed by atoms with Gasteiger partial charge in [0, 0.05) is 10.4 Å². The summed E-state index contributed by atoms with van der Waals surface area (Å²) in [5.41, 5.74) is 7.39. The second kappa shape index (κ2) is 8.89. The van der Waals surface area contributed by atoms with Crippen LogP contribution in [0.5, 0.6) is 5.75 Å². The van der Waals surface area contributed by atoms with Crippen LogP contribution >= 0.6 is 35.2 Å². The summed E-state index contributed by atoms with van der Waals surface area (Å²) in [5, 5.41) is 6.58. The molecule has 0 bridgehead atoms. The van der Waals surface area contributed by atoms with Crippen molar-refractivity contribution in [3.05, 3.63) is 44.8 Å². The van der Waals surface area contributed by atoms with E-state index in [0.717, 1.165) is 36.1 Å². The Labute approximate surface area is 177 Å². The lowest BCUT2D eigenvalue weighted by Gasteiger charge is -2.12. The number of ether oxygens (including phenoxy) is 1. The number of thiocarbonyl (C=S) groups is 1. The number of nitrogens with one attached hydrogen (secondary N) is 2. The van der Waals surface area contributed by atoms with Crippen LogP contribution in [-0.4, -0.2) is 23.5 Å². The first-order valence-electron chi connectivity index (χ1n) is 8.89. The Morgan fingerprint density at radius 1 is 1.32 bits per heavy atom. The van der Waals surface area contributed by atoms with Crippen molar-refractivity contribution in [1.29, 1.82) is 0 Å². The van der Waals surface area contributed by atoms with Crippen LogP contribution in [0.2, 0.25) is 5.02 Å². The maximum absolute atomic E-state index is 12.5. The predicted octanol–water partition coefficient (Wildman–Crippen LogP) is 3.90. The maximum Gasteiger partial charge on any atom is 0.257 e. The fraction of sp³-hybridized carbons (Fsp3) is 0.316. The number of benzene rings is 1. The minimum atomic E-state index is -0.491. The highest BCUT2D eigenvalue weighted by Crippen LogP contribution is 2.37. The summed E-state index contributed by atoms with van der Waals surface area (Å²) in [5.74, 6) is -0.393. The van der Waals surface area contributed by atoms with E-state index >= 15 is 0 Å². The number of anilines is 1. The molecule has 1 aromatic carbocycles. The molecule has 0 aliphatic heterocycles. The molecular formula is C19H20ClN3O3S2. The van der Waals surface area contributed by atoms with Gasteiger partial charge >= 0.3 is 0 Å². The van der Waals surface area contributed by atoms with Crippen molar-refractivity contribution in [3.8, 4) is 5.75 Å². The van der Waals surface area contributed by atoms with Crippen molar-refractivity contribution in [2.75, 3.05) is 11.9 Å². The number of amides is 2. The number of hydrogen-bond donors (Lipinski definition) is 3. The number of thiophene rings is 1. The van der Waals surface area contributed by atoms with Crippen molar-refractivity contribution in [3.63, 3.8) is 0 Å². The maximum atomic E-state index is 12.5. The molecule has 9 heteroatoms. The lowest BCUT2D eigenvalue weighted by molar-refractivity contribution is 0.0975. The van der Waals surface area contributed by atoms with E-state index in [0.29, 0.717) is 33.5 Å². The molecule has 3 rings (SSSR count). The zero-order valence-electron chi connectivity index (χ0n) is 15.3. The van der Waals surface area contributed by atoms with Crippen LogP contribution in [0.3, 0.4) is 0 Å². The van der Waals surface area contributed by atoms with Gasteiger partial charge in [0.2, 0.25) is 0 Å². The molecule has 0 unspecified atom stereocenters. The number of nitrogens with two attached hydrogens (primary N) is 1. The second-order valence-corrected chi connectivity index (χ2v) is 8.19. The van der Waals surface area contributed by atoms with Crippen LogP contribution in [-0.2, 0) is 12.8 Å². The molecule has 6 nitrogen and oxygen atoms in total. The van der Waals surface area contributed by atoms with Crippen molar-refractivity contribution >= 4 is 57.1 Å². The zero-order chi connectivity index (χ0) is 20.3. The third kappa shape index (κ3) is 4.45. The molecule has 0 spiro atoms. The molecule has 2 aromatic rings. The highest BCUT2D eigenvalue weighted by Gasteiger charge is 2.24. The van der Waals surface area contributed by atoms with E-state index in [1.54, 1.807) is 12.1 Å². The average Bonchev–Trinajstić information content (AvgIpc) is 3.01. The molecule has 148 valence electrons. The largest absolute Gasteiger partial charge is 0.492 e. The third-order valence-electron chi connectivity index (χ3n) is 4.37. The SMILES string of the molecule is CCOc1ccc(C(=O)NC(=S)Nc2sc3c(c2C(N)=O)CCCC3)cc1Cl. The molecule has 0 saturated heterocycles. The van der Waals surface area contributed by atoms with Crippen molar-refractivity contribution in [1.82, 2.24) is 5.32 Å². The molecule has 28 heavy (non-hydrogen) atoms. The fourth-order valence-electron chi connectivity index (χ4n) is 3.14. The summed E-state index contributed by atoms with van der Waals surface area (Å²) in [7, 11) is 0. The van der Waals surface area contributed by atoms with Crippen LogP contribution in [0.25, 0.3) is 0 Å². The molecule has 4 N–H and O–H groups in total. The number of primary amides is 1. The van der Waals surface area contributed by atoms with E-state index in [1.807, 2.05) is 6.92 Å². The smallest absolute Gasteiger partial charge is 0.257 e. The van der Waals surface area contributed by atoms with Crippen molar-refractivity contribution < 1.29 is 14.3 Å². The normalized spacial score (nSPS) is 12.8. The van der Waals surface area contributed by atoms with Gasteiger partial charge < -0.3 is 15.8 Å². The first kappa shape index (κ1) is 20.6. The van der Waals surface area contributed by atoms with Gasteiger partial charge in [0.25, 0.3) is 11.8 Å². The van der Waals surface area contributed by atoms with Gasteiger partial charge in [0.05, 0.1) is 17.2 Å². The molecular weight excluding hydrogens is 418 g/mol. The summed E-state index contributed by atoms with van der Waals surface area (Å²) in [6.45, 7) is 2.33. The molecule has 0 fully saturated rings. The highest BCUT2D eigenvalue weighted by atomic mass is 35.5. The molecule has 0 atom stereocenters. The Hall–Kier alpha value is -2.16. The van der Waals surface area contributed by atoms with Gasteiger partial charge in [-0.2, -0.15) is 0 Å². The van der Waals surface area contributed by atoms with E-state index in [9.17, 15) is 9.59 Å². The summed E-state index contributed by atoms with van der Waals surface area (Å²) in [6.07, 6.45) is 3.87. The lowest BCUT2D eigenvalue weighted by atomic mass is 9.95. The number of fused-ring (bicyclic) bond motifs is 1. The van der Waals surface area contributed by atoms with Gasteiger partial charge in [-0.05, 0) is 68.6 Å². The van der Waals surface area contributed by atoms with Gasteiger partial charge in [0.1, 0.15) is 10.8 Å². The monoisotopic (exact) mass is 437 g/mol. The number of halogens is 1. The molecule has 1 heterocycles. The van der Waals surface area contributed by atoms with Crippen LogP contribution < -0.4 is 21.1 Å². The average molecular weight is 438 g/mol. The zero-order valence-corrected chi connectivity index (χ0v) is 17.7. The first-order valence-corrected chi connectivity index (χ1v) is 10.5. The Bertz CT molecular complexity index is 943. The number of carbonyl (C=O) groups excluding carboxylic acids is 2. The molecule has 2 amide bonds. The summed E-state index contributed by atoms with van der Waals surface area (Å²) in [4.78, 5) is 25.5. The Kier molecular flexibility index (Phi) is 6.53. The highest BCUT2D eigenvalue weighted by molar-refractivity contribution is 7.80. The van der Waals surface area contributed by atoms with Crippen LogP contribution in [0, 0.1) is 0 Å². The van der Waals surface area contributed by atoms with Crippen molar-refractivity contribution in [2.24, 2.45) is 5.73 Å². The van der Waals surface area contributed by atoms with E-state index < -0.39 is 11.8 Å². The topological polar surface area (TPSA) is 93.4 Å². The fourth-order valence-corrected chi connectivity index (χ4v) is 4.93. The number of aryl methyl sites for hydroxylation is 1. The summed E-state index contributed by atoms with van der Waals surface area (Å²) in [6, 6.07) is 4.76. The number of hydrogen-bond acceptors (Lipinski definition) is 5. The second-order valence-electron chi connectivity index (χ2n) is 6.27. The quantitative estimate of drug-likeness (QED) is 0.616. The van der Waals surface area contributed by atoms with Gasteiger partial charge in [-0.15, -0.1) is 11.3 Å². The molecule has 1 aliphatic carbocycles. The van der Waals surface area contributed by atoms with Crippen LogP contribution in [0.15, 0.2) is 18.2 Å². The Balaban J connectivity index is 1.72. The molecule has 0 radical (unpaired) electrons. The van der Waals surface area contributed by atoms with Crippen LogP contribution in [0.4, 0.5) is 5.00 Å². The van der Waals surface area contributed by atoms with E-state index in [1.165, 1.54) is 17.4 Å². The van der Waals surface area contributed by atoms with E-state index in [4.69, 9.17) is 34.3 Å². The molecule has 0 saturated carbocycles. The van der Waals surface area contributed by atoms with Gasteiger partial charge in [0.15, 0.2) is 5.11 Å². The number of carbonyl (C=O) groups is 2. The standard InChI is InChI=1S/C19H20ClN3O3S2/c1-2-26-13-8-7-10(9-12(13)20)17(25)22-19(27)23-18-15(16(21)24)11-5-3-4-6-14(11)28-18/h7-9H,2-6H2,1H3,(H2,21,24)(H2,22,23,25,27). The van der Waals surface area contributed by atoms with Gasteiger partial charge in [-0.1, -0.05) is 11.6 Å². The van der Waals surface area contributed by atoms with Crippen LogP contribution in [0.1, 0.15) is 50.9 Å². The Morgan fingerprint density at radius 2 is 2.07 bits per heavy atom. The molecule has 1 aromatic heterocycles. The minimum Gasteiger partial charge on any atom is -0.492 e. The third-order valence-corrected chi connectivity index (χ3v) is 6.07. The van der Waals surface area contributed by atoms with Crippen molar-refractivity contribution in [2.45, 2.75) is 32.6 Å². The first-order chi connectivity index (χ1) is 13.4. The number of rotatable bonds is 5. The van der Waals surface area contributed by atoms with Gasteiger partial charge in [-0.25, -0.2) is 0 Å². The van der Waals surface area contributed by atoms with E-state index in [-0.39, 0.29) is 5.11 Å². The summed E-state index contributed by atoms with van der Waals surface area (Å²) >= 11 is 12.8. The summed E-state index contributed by atoms with van der Waals surface area (Å²) < 4.78 is 5.36. The van der Waals surface area contributed by atoms with Gasteiger partial charge in [-0.3, -0.25) is 14.9 Å². The molecule has 1 aliphatic rings. The minimum absolute atomic E-state index is 0.0936. The lowest BCUT2D eigenvalue weighted by Crippen LogP contribution is -2.34. The Morgan fingerprint density at radius 3 is 2.75 bits per heavy atom. The predicted molar refractivity (Wildman–Crippen MR) is 116 cm³/mol. The van der Waals surface area contributed by atoms with E-state index in [2.05, 4.69) is 10.6 Å².